The monoisotopic (exact) mass is 226 g/mol. The van der Waals surface area contributed by atoms with Crippen LogP contribution in [0.1, 0.15) is 26.2 Å². The number of carbonyl (C=O) groups is 1. The molecular weight excluding hydrogens is 204 g/mol. The number of rotatable bonds is 5. The van der Waals surface area contributed by atoms with Crippen molar-refractivity contribution >= 4 is 5.91 Å². The quantitative estimate of drug-likeness (QED) is 0.683. The van der Waals surface area contributed by atoms with Crippen LogP contribution < -0.4 is 10.6 Å². The van der Waals surface area contributed by atoms with Crippen LogP contribution in [0.2, 0.25) is 0 Å². The molecule has 0 radical (unpaired) electrons. The number of hydrogen-bond donors (Lipinski definition) is 2. The van der Waals surface area contributed by atoms with E-state index in [0.717, 1.165) is 32.4 Å². The van der Waals surface area contributed by atoms with Gasteiger partial charge in [0.05, 0.1) is 0 Å². The molecule has 0 aromatic heterocycles. The van der Waals surface area contributed by atoms with Crippen molar-refractivity contribution in [2.75, 3.05) is 20.2 Å². The minimum atomic E-state index is -0.638. The summed E-state index contributed by atoms with van der Waals surface area (Å²) < 4.78 is 5.44. The Morgan fingerprint density at radius 3 is 2.75 bits per heavy atom. The molecule has 0 bridgehead atoms. The Morgan fingerprint density at radius 1 is 1.62 bits per heavy atom. The van der Waals surface area contributed by atoms with Gasteiger partial charge in [0.2, 0.25) is 0 Å². The fourth-order valence-electron chi connectivity index (χ4n) is 2.02. The van der Waals surface area contributed by atoms with E-state index in [4.69, 9.17) is 4.74 Å². The second-order valence-electron chi connectivity index (χ2n) is 4.35. The Bertz CT molecular complexity index is 247. The maximum Gasteiger partial charge on any atom is 0.252 e. The molecule has 1 aliphatic heterocycles. The molecular formula is C12H22N2O2. The third-order valence-corrected chi connectivity index (χ3v) is 3.11. The van der Waals surface area contributed by atoms with Crippen molar-refractivity contribution in [2.45, 2.75) is 37.8 Å². The van der Waals surface area contributed by atoms with E-state index in [9.17, 15) is 4.79 Å². The van der Waals surface area contributed by atoms with Crippen LogP contribution in [0.5, 0.6) is 0 Å². The Balaban J connectivity index is 2.57. The van der Waals surface area contributed by atoms with Gasteiger partial charge in [-0.2, -0.15) is 0 Å². The summed E-state index contributed by atoms with van der Waals surface area (Å²) in [5.74, 6) is 0.00542. The number of nitrogens with one attached hydrogen (secondary N) is 2. The van der Waals surface area contributed by atoms with Crippen molar-refractivity contribution in [3.8, 4) is 0 Å². The first kappa shape index (κ1) is 13.2. The van der Waals surface area contributed by atoms with Gasteiger partial charge in [-0.05, 0) is 39.3 Å². The minimum absolute atomic E-state index is 0.00542. The number of hydrogen-bond acceptors (Lipinski definition) is 3. The van der Waals surface area contributed by atoms with Crippen LogP contribution in [0.4, 0.5) is 0 Å². The molecule has 1 fully saturated rings. The van der Waals surface area contributed by atoms with Crippen LogP contribution in [0, 0.1) is 0 Å². The van der Waals surface area contributed by atoms with Gasteiger partial charge in [-0.3, -0.25) is 4.79 Å². The van der Waals surface area contributed by atoms with E-state index in [2.05, 4.69) is 17.2 Å². The zero-order valence-corrected chi connectivity index (χ0v) is 10.2. The molecule has 4 nitrogen and oxygen atoms in total. The smallest absolute Gasteiger partial charge is 0.252 e. The molecule has 16 heavy (non-hydrogen) atoms. The van der Waals surface area contributed by atoms with Gasteiger partial charge in [0.15, 0.2) is 0 Å². The largest absolute Gasteiger partial charge is 0.368 e. The van der Waals surface area contributed by atoms with Crippen LogP contribution in [-0.4, -0.2) is 37.7 Å². The highest BCUT2D eigenvalue weighted by Gasteiger charge is 2.39. The second-order valence-corrected chi connectivity index (χ2v) is 4.35. The Morgan fingerprint density at radius 2 is 2.25 bits per heavy atom. The molecule has 1 rings (SSSR count). The zero-order valence-electron chi connectivity index (χ0n) is 10.2. The van der Waals surface area contributed by atoms with Gasteiger partial charge in [0.1, 0.15) is 5.60 Å². The van der Waals surface area contributed by atoms with Crippen molar-refractivity contribution < 1.29 is 9.53 Å². The van der Waals surface area contributed by atoms with E-state index < -0.39 is 5.60 Å². The molecule has 0 spiro atoms. The molecule has 92 valence electrons. The van der Waals surface area contributed by atoms with Gasteiger partial charge < -0.3 is 15.4 Å². The SMILES string of the molecule is C=CCC(C)NC(=O)C1(OC)CCNCC1. The van der Waals surface area contributed by atoms with E-state index in [1.807, 2.05) is 13.0 Å². The normalized spacial score (nSPS) is 21.1. The third kappa shape index (κ3) is 3.06. The summed E-state index contributed by atoms with van der Waals surface area (Å²) >= 11 is 0. The lowest BCUT2D eigenvalue weighted by Crippen LogP contribution is -2.55. The zero-order chi connectivity index (χ0) is 12.0. The predicted octanol–water partition coefficient (Wildman–Crippen LogP) is 0.836. The maximum atomic E-state index is 12.1. The summed E-state index contributed by atoms with van der Waals surface area (Å²) in [4.78, 5) is 12.1. The first-order valence-electron chi connectivity index (χ1n) is 5.82. The fourth-order valence-corrected chi connectivity index (χ4v) is 2.02. The number of piperidine rings is 1. The summed E-state index contributed by atoms with van der Waals surface area (Å²) in [7, 11) is 1.61. The fraction of sp³-hybridized carbons (Fsp3) is 0.750. The van der Waals surface area contributed by atoms with E-state index in [1.54, 1.807) is 7.11 Å². The molecule has 1 aliphatic rings. The average molecular weight is 226 g/mol. The molecule has 1 unspecified atom stereocenters. The van der Waals surface area contributed by atoms with Crippen LogP contribution in [0.15, 0.2) is 12.7 Å². The first-order valence-corrected chi connectivity index (χ1v) is 5.82. The number of ether oxygens (including phenoxy) is 1. The molecule has 2 N–H and O–H groups in total. The Kier molecular flexibility index (Phi) is 4.96. The predicted molar refractivity (Wildman–Crippen MR) is 64.3 cm³/mol. The second kappa shape index (κ2) is 6.01. The lowest BCUT2D eigenvalue weighted by molar-refractivity contribution is -0.147. The van der Waals surface area contributed by atoms with E-state index >= 15 is 0 Å². The standard InChI is InChI=1S/C12H22N2O2/c1-4-5-10(2)14-11(15)12(16-3)6-8-13-9-7-12/h4,10,13H,1,5-9H2,2-3H3,(H,14,15). The van der Waals surface area contributed by atoms with Gasteiger partial charge in [-0.1, -0.05) is 6.08 Å². The first-order chi connectivity index (χ1) is 7.64. The van der Waals surface area contributed by atoms with E-state index in [0.29, 0.717) is 0 Å². The molecule has 1 saturated heterocycles. The summed E-state index contributed by atoms with van der Waals surface area (Å²) in [6, 6.07) is 0.118. The number of methoxy groups -OCH3 is 1. The molecule has 0 saturated carbocycles. The van der Waals surface area contributed by atoms with Crippen molar-refractivity contribution in [3.05, 3.63) is 12.7 Å². The lowest BCUT2D eigenvalue weighted by Gasteiger charge is -2.35. The van der Waals surface area contributed by atoms with Crippen molar-refractivity contribution in [2.24, 2.45) is 0 Å². The highest BCUT2D eigenvalue weighted by Crippen LogP contribution is 2.22. The van der Waals surface area contributed by atoms with Crippen LogP contribution in [0.3, 0.4) is 0 Å². The highest BCUT2D eigenvalue weighted by atomic mass is 16.5. The molecule has 4 heteroatoms. The van der Waals surface area contributed by atoms with Gasteiger partial charge >= 0.3 is 0 Å². The minimum Gasteiger partial charge on any atom is -0.368 e. The summed E-state index contributed by atoms with van der Waals surface area (Å²) in [6.07, 6.45) is 4.06. The van der Waals surface area contributed by atoms with Crippen molar-refractivity contribution in [1.82, 2.24) is 10.6 Å². The van der Waals surface area contributed by atoms with Gasteiger partial charge in [0.25, 0.3) is 5.91 Å². The molecule has 1 heterocycles. The third-order valence-electron chi connectivity index (χ3n) is 3.11. The lowest BCUT2D eigenvalue weighted by atomic mass is 9.90. The Hall–Kier alpha value is -0.870. The van der Waals surface area contributed by atoms with Crippen LogP contribution in [0.25, 0.3) is 0 Å². The summed E-state index contributed by atoms with van der Waals surface area (Å²) in [5.41, 5.74) is -0.638. The molecule has 0 aromatic carbocycles. The Labute approximate surface area is 97.4 Å². The van der Waals surface area contributed by atoms with Gasteiger partial charge in [-0.25, -0.2) is 0 Å². The van der Waals surface area contributed by atoms with Crippen molar-refractivity contribution in [1.29, 1.82) is 0 Å². The highest BCUT2D eigenvalue weighted by molar-refractivity contribution is 5.85. The van der Waals surface area contributed by atoms with Gasteiger partial charge in [0, 0.05) is 13.2 Å². The summed E-state index contributed by atoms with van der Waals surface area (Å²) in [5, 5.41) is 6.21. The molecule has 1 amide bonds. The molecule has 1 atom stereocenters. The topological polar surface area (TPSA) is 50.4 Å². The van der Waals surface area contributed by atoms with Crippen molar-refractivity contribution in [3.63, 3.8) is 0 Å². The van der Waals surface area contributed by atoms with Gasteiger partial charge in [-0.15, -0.1) is 6.58 Å². The number of carbonyl (C=O) groups excluding carboxylic acids is 1. The molecule has 0 aliphatic carbocycles. The van der Waals surface area contributed by atoms with Crippen LogP contribution in [-0.2, 0) is 9.53 Å². The van der Waals surface area contributed by atoms with E-state index in [1.165, 1.54) is 0 Å². The summed E-state index contributed by atoms with van der Waals surface area (Å²) in [6.45, 7) is 7.30. The average Bonchev–Trinajstić information content (AvgIpc) is 2.30. The van der Waals surface area contributed by atoms with E-state index in [-0.39, 0.29) is 11.9 Å². The molecule has 0 aromatic rings. The maximum absolute atomic E-state index is 12.1. The van der Waals surface area contributed by atoms with Crippen LogP contribution >= 0.6 is 0 Å². The number of amides is 1.